The lowest BCUT2D eigenvalue weighted by molar-refractivity contribution is 0.0950. The normalized spacial score (nSPS) is 11.2. The van der Waals surface area contributed by atoms with Crippen LogP contribution in [0.15, 0.2) is 65.1 Å². The summed E-state index contributed by atoms with van der Waals surface area (Å²) in [6.07, 6.45) is 2.79. The Kier molecular flexibility index (Phi) is 5.02. The van der Waals surface area contributed by atoms with Crippen molar-refractivity contribution in [2.75, 3.05) is 0 Å². The molecule has 0 fully saturated rings. The highest BCUT2D eigenvalue weighted by Crippen LogP contribution is 2.27. The third kappa shape index (κ3) is 3.58. The third-order valence-electron chi connectivity index (χ3n) is 4.99. The van der Waals surface area contributed by atoms with E-state index in [2.05, 4.69) is 12.2 Å². The van der Waals surface area contributed by atoms with Crippen LogP contribution in [0.4, 0.5) is 0 Å². The lowest BCUT2D eigenvalue weighted by atomic mass is 10.1. The van der Waals surface area contributed by atoms with Gasteiger partial charge in [0.05, 0.1) is 5.56 Å². The Balaban J connectivity index is 1.57. The smallest absolute Gasteiger partial charge is 0.255 e. The molecule has 0 saturated carbocycles. The van der Waals surface area contributed by atoms with Crippen LogP contribution in [0.3, 0.4) is 0 Å². The van der Waals surface area contributed by atoms with E-state index in [9.17, 15) is 9.90 Å². The fraction of sp³-hybridized carbons (Fsp3) is 0.208. The second-order valence-electron chi connectivity index (χ2n) is 7.05. The minimum absolute atomic E-state index is 0.109. The van der Waals surface area contributed by atoms with Gasteiger partial charge in [0.1, 0.15) is 17.1 Å². The highest BCUT2D eigenvalue weighted by atomic mass is 16.3. The number of aromatic hydroxyl groups is 1. The number of aryl methyl sites for hydroxylation is 1. The molecule has 28 heavy (non-hydrogen) atoms. The minimum Gasteiger partial charge on any atom is -0.508 e. The second-order valence-corrected chi connectivity index (χ2v) is 7.05. The maximum atomic E-state index is 13.0. The summed E-state index contributed by atoms with van der Waals surface area (Å²) < 4.78 is 5.96. The minimum atomic E-state index is -0.109. The van der Waals surface area contributed by atoms with Crippen LogP contribution in [-0.4, -0.2) is 11.0 Å². The SMILES string of the molecule is CCCCc1oc2ccccc2c1C(=O)NCc1ccc2cc(O)ccc2c1. The molecule has 4 rings (SSSR count). The molecule has 0 radical (unpaired) electrons. The van der Waals surface area contributed by atoms with E-state index in [1.807, 2.05) is 48.5 Å². The first-order chi connectivity index (χ1) is 13.7. The van der Waals surface area contributed by atoms with Crippen molar-refractivity contribution in [1.82, 2.24) is 5.32 Å². The maximum Gasteiger partial charge on any atom is 0.255 e. The number of amides is 1. The van der Waals surface area contributed by atoms with Crippen LogP contribution in [0.2, 0.25) is 0 Å². The number of unbranched alkanes of at least 4 members (excludes halogenated alkanes) is 1. The molecule has 142 valence electrons. The molecule has 0 aliphatic rings. The molecule has 1 heterocycles. The molecule has 0 saturated heterocycles. The lowest BCUT2D eigenvalue weighted by Gasteiger charge is -2.08. The fourth-order valence-corrected chi connectivity index (χ4v) is 3.52. The van der Waals surface area contributed by atoms with Crippen LogP contribution < -0.4 is 5.32 Å². The number of hydrogen-bond acceptors (Lipinski definition) is 3. The number of nitrogens with one attached hydrogen (secondary N) is 1. The summed E-state index contributed by atoms with van der Waals surface area (Å²) in [5, 5.41) is 15.5. The number of hydrogen-bond donors (Lipinski definition) is 2. The summed E-state index contributed by atoms with van der Waals surface area (Å²) in [5.74, 6) is 0.899. The summed E-state index contributed by atoms with van der Waals surface area (Å²) >= 11 is 0. The molecular weight excluding hydrogens is 350 g/mol. The van der Waals surface area contributed by atoms with Gasteiger partial charge in [0.15, 0.2) is 0 Å². The lowest BCUT2D eigenvalue weighted by Crippen LogP contribution is -2.23. The van der Waals surface area contributed by atoms with E-state index in [1.165, 1.54) is 0 Å². The molecule has 4 aromatic rings. The zero-order chi connectivity index (χ0) is 19.5. The maximum absolute atomic E-state index is 13.0. The van der Waals surface area contributed by atoms with Crippen LogP contribution in [0, 0.1) is 0 Å². The summed E-state index contributed by atoms with van der Waals surface area (Å²) in [6, 6.07) is 18.9. The Morgan fingerprint density at radius 2 is 1.82 bits per heavy atom. The molecule has 1 amide bonds. The molecule has 3 aromatic carbocycles. The second kappa shape index (κ2) is 7.77. The summed E-state index contributed by atoms with van der Waals surface area (Å²) in [5.41, 5.74) is 2.41. The molecule has 1 aromatic heterocycles. The van der Waals surface area contributed by atoms with Gasteiger partial charge < -0.3 is 14.8 Å². The topological polar surface area (TPSA) is 62.5 Å². The molecule has 0 unspecified atom stereocenters. The molecule has 2 N–H and O–H groups in total. The average Bonchev–Trinajstić information content (AvgIpc) is 3.08. The van der Waals surface area contributed by atoms with Crippen molar-refractivity contribution >= 4 is 27.6 Å². The summed E-state index contributed by atoms with van der Waals surface area (Å²) in [6.45, 7) is 2.56. The zero-order valence-electron chi connectivity index (χ0n) is 15.9. The van der Waals surface area contributed by atoms with Gasteiger partial charge >= 0.3 is 0 Å². The Hall–Kier alpha value is -3.27. The Labute approximate surface area is 163 Å². The van der Waals surface area contributed by atoms with E-state index in [1.54, 1.807) is 12.1 Å². The van der Waals surface area contributed by atoms with Gasteiger partial charge in [-0.1, -0.05) is 49.7 Å². The van der Waals surface area contributed by atoms with Gasteiger partial charge in [-0.15, -0.1) is 0 Å². The summed E-state index contributed by atoms with van der Waals surface area (Å²) in [4.78, 5) is 13.0. The largest absolute Gasteiger partial charge is 0.508 e. The first-order valence-corrected chi connectivity index (χ1v) is 9.66. The Morgan fingerprint density at radius 1 is 1.04 bits per heavy atom. The van der Waals surface area contributed by atoms with E-state index in [0.717, 1.165) is 52.3 Å². The number of para-hydroxylation sites is 1. The average molecular weight is 373 g/mol. The number of rotatable bonds is 6. The predicted molar refractivity (Wildman–Crippen MR) is 112 cm³/mol. The third-order valence-corrected chi connectivity index (χ3v) is 4.99. The molecule has 0 spiro atoms. The van der Waals surface area contributed by atoms with Crippen LogP contribution in [-0.2, 0) is 13.0 Å². The standard InChI is InChI=1S/C24H23NO3/c1-2-3-7-22-23(20-6-4-5-8-21(20)28-22)24(27)25-15-16-9-10-18-14-19(26)12-11-17(18)13-16/h4-6,8-14,26H,2-3,7,15H2,1H3,(H,25,27). The summed E-state index contributed by atoms with van der Waals surface area (Å²) in [7, 11) is 0. The Bertz CT molecular complexity index is 1140. The molecular formula is C24H23NO3. The van der Waals surface area contributed by atoms with Crippen molar-refractivity contribution in [1.29, 1.82) is 0 Å². The van der Waals surface area contributed by atoms with Crippen molar-refractivity contribution in [2.24, 2.45) is 0 Å². The van der Waals surface area contributed by atoms with Crippen LogP contribution in [0.25, 0.3) is 21.7 Å². The highest BCUT2D eigenvalue weighted by Gasteiger charge is 2.20. The number of fused-ring (bicyclic) bond motifs is 2. The number of phenolic OH excluding ortho intramolecular Hbond substituents is 1. The first-order valence-electron chi connectivity index (χ1n) is 9.66. The number of carbonyl (C=O) groups is 1. The van der Waals surface area contributed by atoms with E-state index in [0.29, 0.717) is 12.1 Å². The highest BCUT2D eigenvalue weighted by molar-refractivity contribution is 6.07. The molecule has 4 nitrogen and oxygen atoms in total. The van der Waals surface area contributed by atoms with E-state index in [-0.39, 0.29) is 11.7 Å². The quantitative estimate of drug-likeness (QED) is 0.465. The predicted octanol–water partition coefficient (Wildman–Crippen LogP) is 5.56. The van der Waals surface area contributed by atoms with Gasteiger partial charge in [-0.3, -0.25) is 4.79 Å². The molecule has 0 aliphatic carbocycles. The fourth-order valence-electron chi connectivity index (χ4n) is 3.52. The van der Waals surface area contributed by atoms with Crippen molar-refractivity contribution in [2.45, 2.75) is 32.7 Å². The van der Waals surface area contributed by atoms with Crippen LogP contribution >= 0.6 is 0 Å². The van der Waals surface area contributed by atoms with Crippen molar-refractivity contribution < 1.29 is 14.3 Å². The molecule has 0 aliphatic heterocycles. The van der Waals surface area contributed by atoms with Gasteiger partial charge in [0.25, 0.3) is 5.91 Å². The van der Waals surface area contributed by atoms with Gasteiger partial charge in [-0.05, 0) is 47.0 Å². The van der Waals surface area contributed by atoms with E-state index in [4.69, 9.17) is 4.42 Å². The monoisotopic (exact) mass is 373 g/mol. The van der Waals surface area contributed by atoms with Crippen molar-refractivity contribution in [3.8, 4) is 5.75 Å². The van der Waals surface area contributed by atoms with Crippen LogP contribution in [0.1, 0.15) is 41.4 Å². The number of carbonyl (C=O) groups excluding carboxylic acids is 1. The van der Waals surface area contributed by atoms with E-state index < -0.39 is 0 Å². The number of benzene rings is 3. The molecule has 0 bridgehead atoms. The number of furan rings is 1. The first kappa shape index (κ1) is 18.1. The van der Waals surface area contributed by atoms with Gasteiger partial charge in [0.2, 0.25) is 0 Å². The van der Waals surface area contributed by atoms with Crippen molar-refractivity contribution in [3.63, 3.8) is 0 Å². The van der Waals surface area contributed by atoms with E-state index >= 15 is 0 Å². The van der Waals surface area contributed by atoms with Crippen LogP contribution in [0.5, 0.6) is 5.75 Å². The van der Waals surface area contributed by atoms with Gasteiger partial charge in [-0.2, -0.15) is 0 Å². The zero-order valence-corrected chi connectivity index (χ0v) is 15.9. The van der Waals surface area contributed by atoms with Gasteiger partial charge in [-0.25, -0.2) is 0 Å². The number of phenols is 1. The molecule has 0 atom stereocenters. The Morgan fingerprint density at radius 3 is 2.68 bits per heavy atom. The molecule has 4 heteroatoms. The van der Waals surface area contributed by atoms with Crippen molar-refractivity contribution in [3.05, 3.63) is 77.6 Å². The van der Waals surface area contributed by atoms with Gasteiger partial charge in [0, 0.05) is 18.4 Å².